The highest BCUT2D eigenvalue weighted by Gasteiger charge is 2.22. The number of benzene rings is 2. The Labute approximate surface area is 206 Å². The maximum Gasteiger partial charge on any atom is 0.241 e. The first-order chi connectivity index (χ1) is 16.5. The highest BCUT2D eigenvalue weighted by atomic mass is 32.2. The molecule has 4 rings (SSSR count). The van der Waals surface area contributed by atoms with Crippen molar-refractivity contribution in [2.24, 2.45) is 4.99 Å². The second-order valence-electron chi connectivity index (χ2n) is 9.49. The minimum atomic E-state index is -3.65. The van der Waals surface area contributed by atoms with Crippen LogP contribution in [-0.2, 0) is 10.0 Å². The van der Waals surface area contributed by atoms with Crippen LogP contribution < -0.4 is 20.3 Å². The van der Waals surface area contributed by atoms with Crippen molar-refractivity contribution in [1.29, 1.82) is 0 Å². The van der Waals surface area contributed by atoms with E-state index in [9.17, 15) is 8.42 Å². The van der Waals surface area contributed by atoms with Gasteiger partial charge < -0.3 is 15.5 Å². The Kier molecular flexibility index (Phi) is 6.77. The fraction of sp³-hybridized carbons (Fsp3) is 0.320. The van der Waals surface area contributed by atoms with Crippen LogP contribution in [0.1, 0.15) is 33.3 Å². The molecule has 1 aliphatic rings. The molecule has 2 heterocycles. The molecule has 0 amide bonds. The predicted octanol–water partition coefficient (Wildman–Crippen LogP) is 4.59. The summed E-state index contributed by atoms with van der Waals surface area (Å²) in [5, 5.41) is 6.45. The molecule has 9 nitrogen and oxygen atoms in total. The Hall–Kier alpha value is -3.50. The standard InChI is InChI=1S/C25H31N7O2S/c1-17-16-27-24(29-19-9-11-21(12-10-19)32-14-13-26-18(32)2)30-23(17)28-20-7-6-8-22(15-20)35(33,34)31-25(3,4)5/h6-12,15-16,31H,13-14H2,1-5H3,(H2,27,28,29,30). The first-order valence-corrected chi connectivity index (χ1v) is 12.9. The van der Waals surface area contributed by atoms with E-state index < -0.39 is 15.6 Å². The summed E-state index contributed by atoms with van der Waals surface area (Å²) in [6, 6.07) is 14.7. The normalized spacial score (nSPS) is 14.1. The summed E-state index contributed by atoms with van der Waals surface area (Å²) < 4.78 is 28.1. The van der Waals surface area contributed by atoms with E-state index in [1.807, 2.05) is 38.1 Å². The number of hydrogen-bond donors (Lipinski definition) is 3. The van der Waals surface area contributed by atoms with E-state index in [0.29, 0.717) is 17.5 Å². The maximum atomic E-state index is 12.7. The Morgan fingerprint density at radius 3 is 2.37 bits per heavy atom. The summed E-state index contributed by atoms with van der Waals surface area (Å²) in [6.45, 7) is 11.0. The number of aromatic nitrogens is 2. The van der Waals surface area contributed by atoms with E-state index in [1.165, 1.54) is 0 Å². The fourth-order valence-electron chi connectivity index (χ4n) is 3.70. The molecule has 1 aromatic heterocycles. The fourth-order valence-corrected chi connectivity index (χ4v) is 5.16. The lowest BCUT2D eigenvalue weighted by Crippen LogP contribution is -2.40. The molecular weight excluding hydrogens is 462 g/mol. The van der Waals surface area contributed by atoms with Crippen LogP contribution >= 0.6 is 0 Å². The molecule has 10 heteroatoms. The van der Waals surface area contributed by atoms with E-state index in [1.54, 1.807) is 51.2 Å². The molecule has 184 valence electrons. The van der Waals surface area contributed by atoms with E-state index in [4.69, 9.17) is 0 Å². The van der Waals surface area contributed by atoms with Gasteiger partial charge in [-0.2, -0.15) is 4.98 Å². The van der Waals surface area contributed by atoms with E-state index in [0.717, 1.165) is 35.9 Å². The number of amidine groups is 1. The Bertz CT molecular complexity index is 1350. The van der Waals surface area contributed by atoms with Crippen molar-refractivity contribution in [3.8, 4) is 0 Å². The average Bonchev–Trinajstić information content (AvgIpc) is 3.21. The molecule has 0 unspecified atom stereocenters. The molecule has 0 atom stereocenters. The molecule has 0 aliphatic carbocycles. The highest BCUT2D eigenvalue weighted by molar-refractivity contribution is 7.89. The van der Waals surface area contributed by atoms with Crippen molar-refractivity contribution < 1.29 is 8.42 Å². The molecule has 0 bridgehead atoms. The topological polar surface area (TPSA) is 112 Å². The number of aryl methyl sites for hydroxylation is 1. The summed E-state index contributed by atoms with van der Waals surface area (Å²) >= 11 is 0. The molecule has 0 saturated heterocycles. The van der Waals surface area contributed by atoms with Gasteiger partial charge in [-0.3, -0.25) is 4.99 Å². The number of nitrogens with one attached hydrogen (secondary N) is 3. The van der Waals surface area contributed by atoms with Crippen LogP contribution in [0.4, 0.5) is 28.8 Å². The van der Waals surface area contributed by atoms with Crippen LogP contribution in [0.25, 0.3) is 0 Å². The lowest BCUT2D eigenvalue weighted by molar-refractivity contribution is 0.491. The summed E-state index contributed by atoms with van der Waals surface area (Å²) in [4.78, 5) is 15.8. The largest absolute Gasteiger partial charge is 0.340 e. The van der Waals surface area contributed by atoms with Crippen LogP contribution in [0, 0.1) is 6.92 Å². The molecule has 3 aromatic rings. The maximum absolute atomic E-state index is 12.7. The number of hydrogen-bond acceptors (Lipinski definition) is 8. The van der Waals surface area contributed by atoms with Gasteiger partial charge in [-0.15, -0.1) is 0 Å². The molecule has 0 radical (unpaired) electrons. The van der Waals surface area contributed by atoms with Gasteiger partial charge in [0.05, 0.1) is 11.4 Å². The zero-order chi connectivity index (χ0) is 25.2. The van der Waals surface area contributed by atoms with Crippen LogP contribution in [0.3, 0.4) is 0 Å². The third kappa shape index (κ3) is 6.14. The van der Waals surface area contributed by atoms with Crippen molar-refractivity contribution in [3.05, 3.63) is 60.3 Å². The number of nitrogens with zero attached hydrogens (tertiary/aromatic N) is 4. The minimum Gasteiger partial charge on any atom is -0.340 e. The van der Waals surface area contributed by atoms with E-state index in [-0.39, 0.29) is 4.90 Å². The van der Waals surface area contributed by atoms with Gasteiger partial charge >= 0.3 is 0 Å². The van der Waals surface area contributed by atoms with Crippen molar-refractivity contribution in [1.82, 2.24) is 14.7 Å². The van der Waals surface area contributed by atoms with Crippen molar-refractivity contribution in [3.63, 3.8) is 0 Å². The monoisotopic (exact) mass is 493 g/mol. The summed E-state index contributed by atoms with van der Waals surface area (Å²) in [6.07, 6.45) is 1.72. The van der Waals surface area contributed by atoms with Gasteiger partial charge in [0, 0.05) is 40.9 Å². The SMILES string of the molecule is CC1=NCCN1c1ccc(Nc2ncc(C)c(Nc3cccc(S(=O)(=O)NC(C)(C)C)c3)n2)cc1. The second kappa shape index (κ2) is 9.63. The highest BCUT2D eigenvalue weighted by Crippen LogP contribution is 2.25. The van der Waals surface area contributed by atoms with E-state index in [2.05, 4.69) is 35.2 Å². The van der Waals surface area contributed by atoms with Gasteiger partial charge in [-0.05, 0) is 77.1 Å². The Balaban J connectivity index is 1.50. The van der Waals surface area contributed by atoms with Crippen molar-refractivity contribution >= 4 is 44.7 Å². The van der Waals surface area contributed by atoms with Crippen LogP contribution in [0.5, 0.6) is 0 Å². The van der Waals surface area contributed by atoms with Crippen molar-refractivity contribution in [2.75, 3.05) is 28.6 Å². The minimum absolute atomic E-state index is 0.181. The van der Waals surface area contributed by atoms with Crippen LogP contribution in [0.2, 0.25) is 0 Å². The Morgan fingerprint density at radius 2 is 1.71 bits per heavy atom. The quantitative estimate of drug-likeness (QED) is 0.441. The molecule has 0 fully saturated rings. The molecule has 0 spiro atoms. The van der Waals surface area contributed by atoms with Gasteiger partial charge in [0.2, 0.25) is 16.0 Å². The number of anilines is 5. The molecule has 1 aliphatic heterocycles. The molecule has 35 heavy (non-hydrogen) atoms. The van der Waals surface area contributed by atoms with E-state index >= 15 is 0 Å². The second-order valence-corrected chi connectivity index (χ2v) is 11.2. The van der Waals surface area contributed by atoms with Crippen LogP contribution in [-0.4, -0.2) is 42.8 Å². The molecule has 3 N–H and O–H groups in total. The molecule has 2 aromatic carbocycles. The zero-order valence-corrected chi connectivity index (χ0v) is 21.4. The first kappa shape index (κ1) is 24.6. The van der Waals surface area contributed by atoms with Gasteiger partial charge in [0.25, 0.3) is 0 Å². The van der Waals surface area contributed by atoms with Gasteiger partial charge in [-0.1, -0.05) is 6.07 Å². The predicted molar refractivity (Wildman–Crippen MR) is 142 cm³/mol. The number of sulfonamides is 1. The lowest BCUT2D eigenvalue weighted by atomic mass is 10.1. The Morgan fingerprint density at radius 1 is 0.971 bits per heavy atom. The molecule has 0 saturated carbocycles. The van der Waals surface area contributed by atoms with Crippen LogP contribution in [0.15, 0.2) is 64.6 Å². The average molecular weight is 494 g/mol. The zero-order valence-electron chi connectivity index (χ0n) is 20.6. The third-order valence-electron chi connectivity index (χ3n) is 5.31. The van der Waals surface area contributed by atoms with Gasteiger partial charge in [0.1, 0.15) is 11.7 Å². The number of aliphatic imine (C=N–C) groups is 1. The summed E-state index contributed by atoms with van der Waals surface area (Å²) in [5.74, 6) is 2.04. The smallest absolute Gasteiger partial charge is 0.241 e. The summed E-state index contributed by atoms with van der Waals surface area (Å²) in [7, 11) is -3.65. The summed E-state index contributed by atoms with van der Waals surface area (Å²) in [5.41, 5.74) is 2.82. The molecular formula is C25H31N7O2S. The third-order valence-corrected chi connectivity index (χ3v) is 7.06. The lowest BCUT2D eigenvalue weighted by Gasteiger charge is -2.20. The number of rotatable bonds is 7. The first-order valence-electron chi connectivity index (χ1n) is 11.4. The van der Waals surface area contributed by atoms with Crippen molar-refractivity contribution in [2.45, 2.75) is 45.1 Å². The van der Waals surface area contributed by atoms with Gasteiger partial charge in [0.15, 0.2) is 0 Å². The van der Waals surface area contributed by atoms with Gasteiger partial charge in [-0.25, -0.2) is 18.1 Å².